The molecule has 14 heteroatoms. The van der Waals surface area contributed by atoms with Gasteiger partial charge in [-0.2, -0.15) is 4.98 Å². The first-order valence-electron chi connectivity index (χ1n) is 17.9. The summed E-state index contributed by atoms with van der Waals surface area (Å²) in [6.07, 6.45) is 6.05. The van der Waals surface area contributed by atoms with E-state index < -0.39 is 16.1 Å². The summed E-state index contributed by atoms with van der Waals surface area (Å²) in [5, 5.41) is 0. The lowest BCUT2D eigenvalue weighted by molar-refractivity contribution is -0.129. The van der Waals surface area contributed by atoms with Crippen LogP contribution < -0.4 is 14.4 Å². The smallest absolute Gasteiger partial charge is 0.264 e. The first-order valence-corrected chi connectivity index (χ1v) is 19.4. The fourth-order valence-corrected chi connectivity index (χ4v) is 8.05. The maximum atomic E-state index is 14.6. The Balaban J connectivity index is 1.42. The zero-order valence-corrected chi connectivity index (χ0v) is 32.3. The van der Waals surface area contributed by atoms with Crippen LogP contribution in [0.25, 0.3) is 11.3 Å². The van der Waals surface area contributed by atoms with Crippen molar-refractivity contribution in [1.29, 1.82) is 0 Å². The summed E-state index contributed by atoms with van der Waals surface area (Å²) in [7, 11) is -0.700. The number of carbonyl (C=O) groups is 2. The molecule has 1 saturated heterocycles. The zero-order valence-electron chi connectivity index (χ0n) is 31.5. The topological polar surface area (TPSA) is 151 Å². The molecule has 4 aromatic rings. The normalized spacial score (nSPS) is 18.7. The van der Waals surface area contributed by atoms with Crippen molar-refractivity contribution in [3.63, 3.8) is 0 Å². The molecule has 0 aliphatic carbocycles. The van der Waals surface area contributed by atoms with Crippen LogP contribution in [-0.2, 0) is 21.4 Å². The first kappa shape index (κ1) is 37.6. The molecule has 2 aliphatic heterocycles. The predicted molar refractivity (Wildman–Crippen MR) is 203 cm³/mol. The second kappa shape index (κ2) is 15.1. The van der Waals surface area contributed by atoms with Crippen LogP contribution in [0.4, 0.5) is 11.8 Å². The van der Waals surface area contributed by atoms with Gasteiger partial charge in [0.15, 0.2) is 0 Å². The monoisotopic (exact) mass is 740 g/mol. The summed E-state index contributed by atoms with van der Waals surface area (Å²) in [6.45, 7) is 11.1. The minimum Gasteiger partial charge on any atom is -0.475 e. The van der Waals surface area contributed by atoms with Gasteiger partial charge in [0.05, 0.1) is 41.3 Å². The average Bonchev–Trinajstić information content (AvgIpc) is 3.56. The van der Waals surface area contributed by atoms with Crippen LogP contribution in [0.5, 0.6) is 5.88 Å². The molecule has 1 N–H and O–H groups in total. The molecule has 0 spiro atoms. The minimum atomic E-state index is -4.21. The van der Waals surface area contributed by atoms with Crippen molar-refractivity contribution in [2.45, 2.75) is 83.8 Å². The quantitative estimate of drug-likeness (QED) is 0.252. The number of nitrogens with one attached hydrogen (secondary N) is 1. The van der Waals surface area contributed by atoms with Crippen molar-refractivity contribution in [3.8, 4) is 17.1 Å². The van der Waals surface area contributed by atoms with Crippen LogP contribution in [-0.4, -0.2) is 89.3 Å². The molecule has 2 aliphatic rings. The second-order valence-corrected chi connectivity index (χ2v) is 17.0. The summed E-state index contributed by atoms with van der Waals surface area (Å²) >= 11 is 0. The molecule has 2 aromatic carbocycles. The minimum absolute atomic E-state index is 0.00638. The molecule has 13 nitrogen and oxygen atoms in total. The van der Waals surface area contributed by atoms with Gasteiger partial charge in [0, 0.05) is 50.3 Å². The van der Waals surface area contributed by atoms with Crippen LogP contribution in [0.2, 0.25) is 0 Å². The van der Waals surface area contributed by atoms with E-state index in [0.717, 1.165) is 36.1 Å². The molecule has 2 aromatic heterocycles. The number of aryl methyl sites for hydroxylation is 2. The second-order valence-electron chi connectivity index (χ2n) is 15.3. The van der Waals surface area contributed by atoms with Gasteiger partial charge in [-0.05, 0) is 67.9 Å². The number of aromatic nitrogens is 4. The van der Waals surface area contributed by atoms with Crippen molar-refractivity contribution < 1.29 is 22.7 Å². The summed E-state index contributed by atoms with van der Waals surface area (Å²) in [5.41, 5.74) is 3.79. The Hall–Kier alpha value is -5.11. The molecule has 0 radical (unpaired) electrons. The molecule has 280 valence electrons. The molecule has 4 bridgehead atoms. The predicted octanol–water partition coefficient (Wildman–Crippen LogP) is 5.64. The number of sulfonamides is 1. The molecule has 1 unspecified atom stereocenters. The van der Waals surface area contributed by atoms with Crippen molar-refractivity contribution in [3.05, 3.63) is 83.3 Å². The lowest BCUT2D eigenvalue weighted by Gasteiger charge is -2.35. The maximum Gasteiger partial charge on any atom is 0.264 e. The van der Waals surface area contributed by atoms with Gasteiger partial charge in [0.25, 0.3) is 15.9 Å². The van der Waals surface area contributed by atoms with Crippen LogP contribution in [0.15, 0.2) is 65.8 Å². The van der Waals surface area contributed by atoms with E-state index in [1.165, 1.54) is 12.1 Å². The number of nitrogens with zero attached hydrogens (tertiary/aromatic N) is 7. The van der Waals surface area contributed by atoms with E-state index in [2.05, 4.69) is 45.3 Å². The molecule has 53 heavy (non-hydrogen) atoms. The highest BCUT2D eigenvalue weighted by Gasteiger charge is 2.33. The van der Waals surface area contributed by atoms with Gasteiger partial charge in [-0.15, -0.1) is 0 Å². The fraction of sp³-hybridized carbons (Fsp3) is 0.436. The van der Waals surface area contributed by atoms with Crippen molar-refractivity contribution in [2.75, 3.05) is 36.9 Å². The number of hydrogen-bond donors (Lipinski definition) is 1. The molecular formula is C39H48N8O5S. The largest absolute Gasteiger partial charge is 0.475 e. The van der Waals surface area contributed by atoms with Crippen LogP contribution in [0, 0.1) is 19.3 Å². The van der Waals surface area contributed by atoms with Gasteiger partial charge in [-0.1, -0.05) is 45.0 Å². The van der Waals surface area contributed by atoms with E-state index in [0.29, 0.717) is 30.0 Å². The Morgan fingerprint density at radius 2 is 1.74 bits per heavy atom. The van der Waals surface area contributed by atoms with Crippen LogP contribution >= 0.6 is 0 Å². The highest BCUT2D eigenvalue weighted by molar-refractivity contribution is 7.92. The number of rotatable bonds is 7. The van der Waals surface area contributed by atoms with Gasteiger partial charge < -0.3 is 19.4 Å². The van der Waals surface area contributed by atoms with E-state index in [4.69, 9.17) is 9.72 Å². The third kappa shape index (κ3) is 8.75. The van der Waals surface area contributed by atoms with Gasteiger partial charge >= 0.3 is 0 Å². The Morgan fingerprint density at radius 1 is 1.00 bits per heavy atom. The lowest BCUT2D eigenvalue weighted by atomic mass is 9.87. The number of benzene rings is 2. The molecular weight excluding hydrogens is 693 g/mol. The Bertz CT molecular complexity index is 2100. The van der Waals surface area contributed by atoms with Crippen molar-refractivity contribution in [2.24, 2.45) is 5.41 Å². The third-order valence-electron chi connectivity index (χ3n) is 9.61. The van der Waals surface area contributed by atoms with Crippen LogP contribution in [0.3, 0.4) is 0 Å². The molecule has 6 rings (SSSR count). The van der Waals surface area contributed by atoms with Crippen molar-refractivity contribution in [1.82, 2.24) is 29.7 Å². The number of anilines is 2. The number of amides is 2. The summed E-state index contributed by atoms with van der Waals surface area (Å²) in [5.74, 6) is 0.344. The molecule has 2 atom stereocenters. The Kier molecular flexibility index (Phi) is 10.7. The van der Waals surface area contributed by atoms with Gasteiger partial charge in [-0.25, -0.2) is 23.1 Å². The first-order chi connectivity index (χ1) is 25.1. The van der Waals surface area contributed by atoms with Crippen LogP contribution in [0.1, 0.15) is 73.6 Å². The van der Waals surface area contributed by atoms with Gasteiger partial charge in [-0.3, -0.25) is 14.6 Å². The Morgan fingerprint density at radius 3 is 2.45 bits per heavy atom. The van der Waals surface area contributed by atoms with E-state index in [9.17, 15) is 18.0 Å². The van der Waals surface area contributed by atoms with E-state index >= 15 is 0 Å². The molecule has 1 fully saturated rings. The lowest BCUT2D eigenvalue weighted by Crippen LogP contribution is -2.45. The number of hydrogen-bond acceptors (Lipinski definition) is 10. The van der Waals surface area contributed by atoms with E-state index in [-0.39, 0.29) is 58.7 Å². The molecule has 4 heterocycles. The number of ether oxygens (including phenoxy) is 1. The fourth-order valence-electron chi connectivity index (χ4n) is 7.06. The van der Waals surface area contributed by atoms with E-state index in [1.807, 2.05) is 32.0 Å². The highest BCUT2D eigenvalue weighted by Crippen LogP contribution is 2.32. The maximum absolute atomic E-state index is 14.6. The summed E-state index contributed by atoms with van der Waals surface area (Å²) in [6, 6.07) is 13.1. The molecule has 2 amide bonds. The highest BCUT2D eigenvalue weighted by atomic mass is 32.2. The SMILES string of the molecule is Cc1cccc(C)c1-c1cc2nc(n1)NS(=O)(=O)c1cccc(c1)C(=O)N(Cc1cncc(N3CCCC3CC(=O)N(C)C)n1)[C@H](CC(C)(C)C)CO2. The van der Waals surface area contributed by atoms with Gasteiger partial charge in [0.1, 0.15) is 12.4 Å². The van der Waals surface area contributed by atoms with Crippen molar-refractivity contribution >= 4 is 33.6 Å². The standard InChI is InChI=1S/C39H48N8O5S/c1-25-11-8-12-26(2)36(25)32-19-34-43-38(42-32)44-53(50,51)31-15-9-13-27(17-31)37(49)47(30(24-52-34)20-39(3,4)5)23-28-21-40-22-33(41-28)46-16-10-14-29(46)18-35(48)45(6)7/h8-9,11-13,15,17,19,21-22,29-30H,10,14,16,18,20,23-24H2,1-7H3,(H,42,43,44)/t29?,30-/m1/s1. The third-order valence-corrected chi connectivity index (χ3v) is 10.9. The number of fused-ring (bicyclic) bond motifs is 4. The molecule has 0 saturated carbocycles. The number of carbonyl (C=O) groups excluding carboxylic acids is 2. The average molecular weight is 741 g/mol. The zero-order chi connectivity index (χ0) is 38.1. The Labute approximate surface area is 311 Å². The summed E-state index contributed by atoms with van der Waals surface area (Å²) in [4.78, 5) is 51.2. The van der Waals surface area contributed by atoms with Gasteiger partial charge in [0.2, 0.25) is 17.7 Å². The van der Waals surface area contributed by atoms with E-state index in [1.54, 1.807) is 54.5 Å². The summed E-state index contributed by atoms with van der Waals surface area (Å²) < 4.78 is 36.5.